The molecule has 122 valence electrons. The monoisotopic (exact) mass is 350 g/mol. The molecule has 0 atom stereocenters. The molecule has 0 spiro atoms. The zero-order valence-corrected chi connectivity index (χ0v) is 12.8. The van der Waals surface area contributed by atoms with Gasteiger partial charge in [-0.1, -0.05) is 17.7 Å². The molecule has 0 aliphatic heterocycles. The first-order valence-electron chi connectivity index (χ1n) is 6.82. The van der Waals surface area contributed by atoms with Crippen molar-refractivity contribution >= 4 is 23.1 Å². The van der Waals surface area contributed by atoms with Crippen molar-refractivity contribution in [3.63, 3.8) is 0 Å². The smallest absolute Gasteiger partial charge is 0.340 e. The first-order chi connectivity index (χ1) is 11.4. The van der Waals surface area contributed by atoms with Crippen LogP contribution >= 0.6 is 11.6 Å². The molecule has 2 aromatic heterocycles. The van der Waals surface area contributed by atoms with Crippen LogP contribution in [0.5, 0.6) is 0 Å². The van der Waals surface area contributed by atoms with Crippen molar-refractivity contribution in [2.24, 2.45) is 0 Å². The highest BCUT2D eigenvalue weighted by Crippen LogP contribution is 2.31. The molecule has 4 nitrogen and oxygen atoms in total. The Labute approximate surface area is 140 Å². The molecular weight excluding hydrogens is 341 g/mol. The maximum atomic E-state index is 13.1. The number of nitrogens with zero attached hydrogens (tertiary/aromatic N) is 3. The standard InChI is InChI=1S/C16H10ClF3N4/c17-10-4-6-11(7-5-10)22-14-9-13(16(18,19)20)23-15(24-14)12-3-1-2-8-21-12/h1-9H,(H,22,23,24). The van der Waals surface area contributed by atoms with Crippen LogP contribution in [0.4, 0.5) is 24.7 Å². The average Bonchev–Trinajstić information content (AvgIpc) is 2.57. The Hall–Kier alpha value is -2.67. The van der Waals surface area contributed by atoms with Crippen LogP contribution in [0.2, 0.25) is 5.02 Å². The predicted octanol–water partition coefficient (Wildman–Crippen LogP) is 4.95. The molecule has 3 rings (SSSR count). The van der Waals surface area contributed by atoms with Crippen molar-refractivity contribution in [3.05, 3.63) is 65.4 Å². The van der Waals surface area contributed by atoms with Crippen LogP contribution in [-0.4, -0.2) is 15.0 Å². The Bertz CT molecular complexity index is 836. The normalized spacial score (nSPS) is 11.3. The minimum absolute atomic E-state index is 0.0142. The summed E-state index contributed by atoms with van der Waals surface area (Å²) in [7, 11) is 0. The van der Waals surface area contributed by atoms with Crippen molar-refractivity contribution in [1.29, 1.82) is 0 Å². The summed E-state index contributed by atoms with van der Waals surface area (Å²) in [6, 6.07) is 12.2. The van der Waals surface area contributed by atoms with E-state index in [1.54, 1.807) is 42.5 Å². The third-order valence-corrected chi connectivity index (χ3v) is 3.28. The van der Waals surface area contributed by atoms with E-state index in [0.717, 1.165) is 6.07 Å². The summed E-state index contributed by atoms with van der Waals surface area (Å²) in [5, 5.41) is 3.34. The number of hydrogen-bond acceptors (Lipinski definition) is 4. The lowest BCUT2D eigenvalue weighted by Crippen LogP contribution is -2.11. The molecule has 1 N–H and O–H groups in total. The molecule has 3 aromatic rings. The van der Waals surface area contributed by atoms with E-state index < -0.39 is 11.9 Å². The first-order valence-corrected chi connectivity index (χ1v) is 7.20. The molecule has 0 saturated heterocycles. The first kappa shape index (κ1) is 16.2. The molecule has 8 heteroatoms. The van der Waals surface area contributed by atoms with E-state index in [0.29, 0.717) is 10.7 Å². The second-order valence-electron chi connectivity index (χ2n) is 4.81. The summed E-state index contributed by atoms with van der Waals surface area (Å²) < 4.78 is 39.3. The van der Waals surface area contributed by atoms with Crippen LogP contribution < -0.4 is 5.32 Å². The Kier molecular flexibility index (Phi) is 4.35. The zero-order chi connectivity index (χ0) is 17.2. The molecule has 0 aliphatic rings. The molecule has 0 radical (unpaired) electrons. The Morgan fingerprint density at radius 3 is 2.33 bits per heavy atom. The quantitative estimate of drug-likeness (QED) is 0.725. The highest BCUT2D eigenvalue weighted by atomic mass is 35.5. The number of pyridine rings is 1. The van der Waals surface area contributed by atoms with E-state index in [-0.39, 0.29) is 17.3 Å². The van der Waals surface area contributed by atoms with E-state index in [1.807, 2.05) is 0 Å². The SMILES string of the molecule is FC(F)(F)c1cc(Nc2ccc(Cl)cc2)nc(-c2ccccn2)n1. The average molecular weight is 351 g/mol. The van der Waals surface area contributed by atoms with Gasteiger partial charge in [0.05, 0.1) is 0 Å². The summed E-state index contributed by atoms with van der Waals surface area (Å²) >= 11 is 5.79. The number of aromatic nitrogens is 3. The van der Waals surface area contributed by atoms with Crippen molar-refractivity contribution in [1.82, 2.24) is 15.0 Å². The van der Waals surface area contributed by atoms with Crippen molar-refractivity contribution < 1.29 is 13.2 Å². The van der Waals surface area contributed by atoms with Gasteiger partial charge >= 0.3 is 6.18 Å². The van der Waals surface area contributed by atoms with Gasteiger partial charge in [0, 0.05) is 23.0 Å². The van der Waals surface area contributed by atoms with Gasteiger partial charge in [-0.05, 0) is 36.4 Å². The third kappa shape index (κ3) is 3.80. The molecular formula is C16H10ClF3N4. The number of alkyl halides is 3. The van der Waals surface area contributed by atoms with Gasteiger partial charge in [-0.2, -0.15) is 13.2 Å². The van der Waals surface area contributed by atoms with Crippen LogP contribution in [0.15, 0.2) is 54.7 Å². The van der Waals surface area contributed by atoms with Crippen LogP contribution in [0, 0.1) is 0 Å². The molecule has 0 aliphatic carbocycles. The van der Waals surface area contributed by atoms with Crippen LogP contribution in [0.25, 0.3) is 11.5 Å². The van der Waals surface area contributed by atoms with Gasteiger partial charge in [-0.25, -0.2) is 9.97 Å². The van der Waals surface area contributed by atoms with Crippen LogP contribution in [0.3, 0.4) is 0 Å². The molecule has 0 bridgehead atoms. The van der Waals surface area contributed by atoms with E-state index in [2.05, 4.69) is 20.3 Å². The summed E-state index contributed by atoms with van der Waals surface area (Å²) in [5.74, 6) is -0.0952. The number of anilines is 2. The van der Waals surface area contributed by atoms with Gasteiger partial charge in [-0.15, -0.1) is 0 Å². The number of halogens is 4. The second-order valence-corrected chi connectivity index (χ2v) is 5.24. The van der Waals surface area contributed by atoms with Crippen molar-refractivity contribution in [3.8, 4) is 11.5 Å². The molecule has 0 amide bonds. The lowest BCUT2D eigenvalue weighted by molar-refractivity contribution is -0.141. The molecule has 1 aromatic carbocycles. The molecule has 2 heterocycles. The fourth-order valence-corrected chi connectivity index (χ4v) is 2.07. The van der Waals surface area contributed by atoms with Crippen LogP contribution in [-0.2, 0) is 6.18 Å². The van der Waals surface area contributed by atoms with Crippen LogP contribution in [0.1, 0.15) is 5.69 Å². The van der Waals surface area contributed by atoms with Gasteiger partial charge in [-0.3, -0.25) is 4.98 Å². The van der Waals surface area contributed by atoms with E-state index >= 15 is 0 Å². The number of nitrogens with one attached hydrogen (secondary N) is 1. The fraction of sp³-hybridized carbons (Fsp3) is 0.0625. The summed E-state index contributed by atoms with van der Waals surface area (Å²) in [6.07, 6.45) is -3.13. The summed E-state index contributed by atoms with van der Waals surface area (Å²) in [6.45, 7) is 0. The topological polar surface area (TPSA) is 50.7 Å². The van der Waals surface area contributed by atoms with Gasteiger partial charge in [0.25, 0.3) is 0 Å². The minimum atomic E-state index is -4.59. The highest BCUT2D eigenvalue weighted by molar-refractivity contribution is 6.30. The maximum absolute atomic E-state index is 13.1. The van der Waals surface area contributed by atoms with Crippen molar-refractivity contribution in [2.75, 3.05) is 5.32 Å². The van der Waals surface area contributed by atoms with Gasteiger partial charge in [0.2, 0.25) is 0 Å². The third-order valence-electron chi connectivity index (χ3n) is 3.03. The Morgan fingerprint density at radius 2 is 1.71 bits per heavy atom. The molecule has 24 heavy (non-hydrogen) atoms. The van der Waals surface area contributed by atoms with Gasteiger partial charge in [0.15, 0.2) is 11.5 Å². The van der Waals surface area contributed by atoms with E-state index in [1.165, 1.54) is 6.20 Å². The maximum Gasteiger partial charge on any atom is 0.433 e. The predicted molar refractivity (Wildman–Crippen MR) is 85.0 cm³/mol. The Balaban J connectivity index is 2.03. The van der Waals surface area contributed by atoms with E-state index in [4.69, 9.17) is 11.6 Å². The number of hydrogen-bond donors (Lipinski definition) is 1. The lowest BCUT2D eigenvalue weighted by atomic mass is 10.3. The summed E-state index contributed by atoms with van der Waals surface area (Å²) in [5.41, 5.74) is -0.240. The summed E-state index contributed by atoms with van der Waals surface area (Å²) in [4.78, 5) is 11.7. The number of rotatable bonds is 3. The second kappa shape index (κ2) is 6.45. The zero-order valence-electron chi connectivity index (χ0n) is 12.0. The minimum Gasteiger partial charge on any atom is -0.340 e. The number of benzene rings is 1. The van der Waals surface area contributed by atoms with Gasteiger partial charge < -0.3 is 5.32 Å². The molecule has 0 fully saturated rings. The Morgan fingerprint density at radius 1 is 0.958 bits per heavy atom. The fourth-order valence-electron chi connectivity index (χ4n) is 1.95. The molecule has 0 saturated carbocycles. The van der Waals surface area contributed by atoms with Crippen molar-refractivity contribution in [2.45, 2.75) is 6.18 Å². The molecule has 0 unspecified atom stereocenters. The highest BCUT2D eigenvalue weighted by Gasteiger charge is 2.34. The van der Waals surface area contributed by atoms with Gasteiger partial charge in [0.1, 0.15) is 11.5 Å². The van der Waals surface area contributed by atoms with E-state index in [9.17, 15) is 13.2 Å². The lowest BCUT2D eigenvalue weighted by Gasteiger charge is -2.11. The largest absolute Gasteiger partial charge is 0.433 e.